The molecule has 2 heterocycles. The number of hydrogen-bond donors (Lipinski definition) is 1. The first kappa shape index (κ1) is 23.1. The highest BCUT2D eigenvalue weighted by atomic mass is 16.4. The molecule has 31 heavy (non-hydrogen) atoms. The third kappa shape index (κ3) is 5.00. The Morgan fingerprint density at radius 1 is 1.03 bits per heavy atom. The van der Waals surface area contributed by atoms with Gasteiger partial charge in [-0.25, -0.2) is 0 Å². The molecule has 2 aromatic heterocycles. The third-order valence-corrected chi connectivity index (χ3v) is 6.30. The predicted octanol–water partition coefficient (Wildman–Crippen LogP) is 6.99. The fourth-order valence-corrected chi connectivity index (χ4v) is 4.76. The lowest BCUT2D eigenvalue weighted by Crippen LogP contribution is -2.07. The van der Waals surface area contributed by atoms with Gasteiger partial charge in [-0.1, -0.05) is 58.7 Å². The maximum Gasteiger partial charge on any atom is 0.303 e. The molecule has 0 spiro atoms. The Hall–Kier alpha value is -2.62. The number of fused-ring (bicyclic) bond motifs is 1. The van der Waals surface area contributed by atoms with Crippen molar-refractivity contribution in [3.63, 3.8) is 0 Å². The van der Waals surface area contributed by atoms with Crippen LogP contribution in [-0.4, -0.2) is 20.6 Å². The molecule has 3 aromatic rings. The Kier molecular flexibility index (Phi) is 7.89. The van der Waals surface area contributed by atoms with E-state index in [0.29, 0.717) is 12.5 Å². The second kappa shape index (κ2) is 10.6. The topological polar surface area (TPSA) is 55.1 Å². The lowest BCUT2D eigenvalue weighted by Gasteiger charge is -2.19. The van der Waals surface area contributed by atoms with Gasteiger partial charge in [-0.05, 0) is 54.9 Å². The molecule has 0 saturated carbocycles. The summed E-state index contributed by atoms with van der Waals surface area (Å²) >= 11 is 0. The predicted molar refractivity (Wildman–Crippen MR) is 129 cm³/mol. The summed E-state index contributed by atoms with van der Waals surface area (Å²) in [7, 11) is 0. The number of carbonyl (C=O) groups is 1. The van der Waals surface area contributed by atoms with Gasteiger partial charge in [0.15, 0.2) is 0 Å². The molecule has 1 N–H and O–H groups in total. The van der Waals surface area contributed by atoms with Crippen molar-refractivity contribution < 1.29 is 9.90 Å². The van der Waals surface area contributed by atoms with Gasteiger partial charge in [0.05, 0.1) is 17.4 Å². The number of aryl methyl sites for hydroxylation is 3. The van der Waals surface area contributed by atoms with Crippen molar-refractivity contribution in [3.05, 3.63) is 53.3 Å². The van der Waals surface area contributed by atoms with Crippen molar-refractivity contribution in [2.75, 3.05) is 0 Å². The normalized spacial score (nSPS) is 11.5. The van der Waals surface area contributed by atoms with Crippen LogP contribution in [0.5, 0.6) is 0 Å². The fourth-order valence-electron chi connectivity index (χ4n) is 4.76. The van der Waals surface area contributed by atoms with Crippen LogP contribution in [0.3, 0.4) is 0 Å². The average Bonchev–Trinajstić information content (AvgIpc) is 3.14. The van der Waals surface area contributed by atoms with Crippen LogP contribution in [0.15, 0.2) is 36.7 Å². The summed E-state index contributed by atoms with van der Waals surface area (Å²) in [6.45, 7) is 8.82. The zero-order chi connectivity index (χ0) is 22.4. The molecular formula is C27H36N2O2. The average molecular weight is 421 g/mol. The molecule has 0 unspecified atom stereocenters. The highest BCUT2D eigenvalue weighted by Crippen LogP contribution is 2.34. The second-order valence-corrected chi connectivity index (χ2v) is 8.43. The summed E-state index contributed by atoms with van der Waals surface area (Å²) in [5, 5.41) is 10.4. The molecule has 0 saturated heterocycles. The quantitative estimate of drug-likeness (QED) is 0.364. The van der Waals surface area contributed by atoms with Gasteiger partial charge >= 0.3 is 5.97 Å². The first-order valence-corrected chi connectivity index (χ1v) is 11.9. The molecule has 0 atom stereocenters. The Morgan fingerprint density at radius 2 is 1.68 bits per heavy atom. The molecule has 4 heteroatoms. The lowest BCUT2D eigenvalue weighted by molar-refractivity contribution is -0.136. The standard InChI is InChI=1S/C27H36N2O2/c1-5-10-22(11-6-2)29-18-21(14-15-26(30)31)23-16-24(28-17-25(23)29)27-19(7-3)12-9-13-20(27)8-4/h9,12-13,16-18,22H,5-8,10-11,14-15H2,1-4H3,(H,30,31). The van der Waals surface area contributed by atoms with Crippen molar-refractivity contribution in [1.82, 2.24) is 9.55 Å². The van der Waals surface area contributed by atoms with Gasteiger partial charge in [-0.2, -0.15) is 0 Å². The van der Waals surface area contributed by atoms with Crippen LogP contribution in [-0.2, 0) is 24.1 Å². The summed E-state index contributed by atoms with van der Waals surface area (Å²) in [5.74, 6) is -0.751. The number of aliphatic carboxylic acids is 1. The van der Waals surface area contributed by atoms with Gasteiger partial charge in [0, 0.05) is 29.6 Å². The smallest absolute Gasteiger partial charge is 0.303 e. The van der Waals surface area contributed by atoms with Crippen LogP contribution in [0.1, 0.15) is 82.5 Å². The molecule has 0 fully saturated rings. The van der Waals surface area contributed by atoms with Crippen LogP contribution >= 0.6 is 0 Å². The van der Waals surface area contributed by atoms with E-state index in [0.717, 1.165) is 60.7 Å². The van der Waals surface area contributed by atoms with Gasteiger partial charge in [0.2, 0.25) is 0 Å². The van der Waals surface area contributed by atoms with Gasteiger partial charge in [0.1, 0.15) is 0 Å². The van der Waals surface area contributed by atoms with Gasteiger partial charge in [-0.3, -0.25) is 9.78 Å². The minimum absolute atomic E-state index is 0.148. The molecule has 0 bridgehead atoms. The van der Waals surface area contributed by atoms with E-state index in [1.54, 1.807) is 0 Å². The SMILES string of the molecule is CCCC(CCC)n1cc(CCC(=O)O)c2cc(-c3c(CC)cccc3CC)ncc21. The molecule has 1 aromatic carbocycles. The summed E-state index contributed by atoms with van der Waals surface area (Å²) in [5.41, 5.74) is 7.11. The maximum absolute atomic E-state index is 11.3. The Balaban J connectivity index is 2.19. The van der Waals surface area contributed by atoms with Gasteiger partial charge < -0.3 is 9.67 Å². The minimum atomic E-state index is -0.751. The van der Waals surface area contributed by atoms with Crippen molar-refractivity contribution in [3.8, 4) is 11.3 Å². The van der Waals surface area contributed by atoms with Crippen LogP contribution in [0.2, 0.25) is 0 Å². The zero-order valence-electron chi connectivity index (χ0n) is 19.4. The molecule has 166 valence electrons. The molecule has 0 aliphatic carbocycles. The molecular weight excluding hydrogens is 384 g/mol. The van der Waals surface area contributed by atoms with E-state index >= 15 is 0 Å². The van der Waals surface area contributed by atoms with Crippen molar-refractivity contribution in [2.24, 2.45) is 0 Å². The Labute approximate surface area is 186 Å². The lowest BCUT2D eigenvalue weighted by atomic mass is 9.94. The number of aromatic nitrogens is 2. The van der Waals surface area contributed by atoms with Crippen LogP contribution in [0, 0.1) is 0 Å². The Bertz CT molecular complexity index is 1010. The van der Waals surface area contributed by atoms with Crippen molar-refractivity contribution in [1.29, 1.82) is 0 Å². The molecule has 0 amide bonds. The van der Waals surface area contributed by atoms with E-state index in [4.69, 9.17) is 4.98 Å². The van der Waals surface area contributed by atoms with E-state index in [-0.39, 0.29) is 6.42 Å². The molecule has 0 radical (unpaired) electrons. The number of nitrogens with zero attached hydrogens (tertiary/aromatic N) is 2. The minimum Gasteiger partial charge on any atom is -0.481 e. The second-order valence-electron chi connectivity index (χ2n) is 8.43. The van der Waals surface area contributed by atoms with Crippen molar-refractivity contribution in [2.45, 2.75) is 85.1 Å². The first-order valence-electron chi connectivity index (χ1n) is 11.9. The Morgan fingerprint density at radius 3 is 2.23 bits per heavy atom. The van der Waals surface area contributed by atoms with E-state index in [1.165, 1.54) is 16.7 Å². The van der Waals surface area contributed by atoms with E-state index < -0.39 is 5.97 Å². The van der Waals surface area contributed by atoms with Gasteiger partial charge in [-0.15, -0.1) is 0 Å². The van der Waals surface area contributed by atoms with Crippen molar-refractivity contribution >= 4 is 16.9 Å². The van der Waals surface area contributed by atoms with E-state index in [9.17, 15) is 9.90 Å². The zero-order valence-corrected chi connectivity index (χ0v) is 19.4. The number of carboxylic acid groups (broad SMARTS) is 1. The summed E-state index contributed by atoms with van der Waals surface area (Å²) in [6, 6.07) is 9.14. The van der Waals surface area contributed by atoms with E-state index in [1.807, 2.05) is 6.20 Å². The number of benzene rings is 1. The molecule has 3 rings (SSSR count). The molecule has 0 aliphatic rings. The highest BCUT2D eigenvalue weighted by Gasteiger charge is 2.18. The first-order chi connectivity index (χ1) is 15.0. The summed E-state index contributed by atoms with van der Waals surface area (Å²) < 4.78 is 2.36. The number of pyridine rings is 1. The molecule has 4 nitrogen and oxygen atoms in total. The van der Waals surface area contributed by atoms with Crippen LogP contribution in [0.4, 0.5) is 0 Å². The monoisotopic (exact) mass is 420 g/mol. The maximum atomic E-state index is 11.3. The number of rotatable bonds is 11. The van der Waals surface area contributed by atoms with Crippen LogP contribution < -0.4 is 0 Å². The third-order valence-electron chi connectivity index (χ3n) is 6.30. The van der Waals surface area contributed by atoms with Gasteiger partial charge in [0.25, 0.3) is 0 Å². The fraction of sp³-hybridized carbons (Fsp3) is 0.481. The van der Waals surface area contributed by atoms with E-state index in [2.05, 4.69) is 62.7 Å². The summed E-state index contributed by atoms with van der Waals surface area (Å²) in [6.07, 6.45) is 11.3. The molecule has 0 aliphatic heterocycles. The largest absolute Gasteiger partial charge is 0.481 e. The summed E-state index contributed by atoms with van der Waals surface area (Å²) in [4.78, 5) is 16.2. The number of carboxylic acids is 1. The van der Waals surface area contributed by atoms with Crippen LogP contribution in [0.25, 0.3) is 22.2 Å². The number of hydrogen-bond acceptors (Lipinski definition) is 2. The highest BCUT2D eigenvalue weighted by molar-refractivity contribution is 5.88.